The molecule has 0 atom stereocenters. The summed E-state index contributed by atoms with van der Waals surface area (Å²) < 4.78 is 32.6. The van der Waals surface area contributed by atoms with Crippen LogP contribution in [0, 0.1) is 0 Å². The predicted molar refractivity (Wildman–Crippen MR) is 109 cm³/mol. The van der Waals surface area contributed by atoms with Gasteiger partial charge in [0.05, 0.1) is 13.2 Å². The lowest BCUT2D eigenvalue weighted by molar-refractivity contribution is 0.0341. The minimum atomic E-state index is -3.54. The summed E-state index contributed by atoms with van der Waals surface area (Å²) >= 11 is 5.84. The number of morpholine rings is 1. The van der Waals surface area contributed by atoms with Crippen molar-refractivity contribution in [2.75, 3.05) is 26.3 Å². The molecule has 27 heavy (non-hydrogen) atoms. The van der Waals surface area contributed by atoms with E-state index in [2.05, 4.69) is 9.62 Å². The Labute approximate surface area is 165 Å². The van der Waals surface area contributed by atoms with Gasteiger partial charge < -0.3 is 4.74 Å². The molecule has 0 radical (unpaired) electrons. The number of rotatable bonds is 7. The fourth-order valence-corrected chi connectivity index (χ4v) is 3.77. The highest BCUT2D eigenvalue weighted by molar-refractivity contribution is 7.92. The molecule has 1 heterocycles. The Hall–Kier alpha value is -1.70. The van der Waals surface area contributed by atoms with Gasteiger partial charge in [0.1, 0.15) is 0 Å². The summed E-state index contributed by atoms with van der Waals surface area (Å²) in [6, 6.07) is 14.9. The molecule has 0 saturated carbocycles. The first-order valence-electron chi connectivity index (χ1n) is 8.82. The van der Waals surface area contributed by atoms with Crippen LogP contribution in [0.5, 0.6) is 0 Å². The molecule has 1 aliphatic rings. The molecule has 3 rings (SSSR count). The monoisotopic (exact) mass is 406 g/mol. The smallest absolute Gasteiger partial charge is 0.234 e. The van der Waals surface area contributed by atoms with E-state index in [0.29, 0.717) is 5.02 Å². The maximum absolute atomic E-state index is 12.3. The highest BCUT2D eigenvalue weighted by atomic mass is 35.5. The zero-order chi connectivity index (χ0) is 19.1. The molecule has 0 bridgehead atoms. The van der Waals surface area contributed by atoms with Crippen molar-refractivity contribution in [1.82, 2.24) is 9.62 Å². The number of nitrogens with zero attached hydrogens (tertiary/aromatic N) is 1. The SMILES string of the molecule is O=S(=O)(/C=C/c1ccc(Cl)cc1)NCc1ccccc1CN1CCOCC1. The molecule has 1 N–H and O–H groups in total. The van der Waals surface area contributed by atoms with E-state index in [4.69, 9.17) is 16.3 Å². The van der Waals surface area contributed by atoms with Gasteiger partial charge in [0, 0.05) is 36.6 Å². The zero-order valence-electron chi connectivity index (χ0n) is 15.0. The molecule has 0 aliphatic carbocycles. The van der Waals surface area contributed by atoms with E-state index in [1.807, 2.05) is 24.3 Å². The molecule has 1 saturated heterocycles. The van der Waals surface area contributed by atoms with Crippen LogP contribution >= 0.6 is 11.6 Å². The maximum atomic E-state index is 12.3. The lowest BCUT2D eigenvalue weighted by Gasteiger charge is -2.27. The fourth-order valence-electron chi connectivity index (χ4n) is 2.85. The second-order valence-electron chi connectivity index (χ2n) is 6.38. The van der Waals surface area contributed by atoms with Crippen molar-refractivity contribution in [3.63, 3.8) is 0 Å². The van der Waals surface area contributed by atoms with Gasteiger partial charge in [0.25, 0.3) is 0 Å². The van der Waals surface area contributed by atoms with Crippen LogP contribution in [-0.2, 0) is 27.8 Å². The Morgan fingerprint density at radius 2 is 1.70 bits per heavy atom. The van der Waals surface area contributed by atoms with Crippen molar-refractivity contribution in [1.29, 1.82) is 0 Å². The Morgan fingerprint density at radius 1 is 1.04 bits per heavy atom. The number of nitrogens with one attached hydrogen (secondary N) is 1. The molecular weight excluding hydrogens is 384 g/mol. The number of ether oxygens (including phenoxy) is 1. The van der Waals surface area contributed by atoms with Gasteiger partial charge in [-0.1, -0.05) is 48.0 Å². The van der Waals surface area contributed by atoms with Gasteiger partial charge in [-0.25, -0.2) is 13.1 Å². The second-order valence-corrected chi connectivity index (χ2v) is 8.46. The van der Waals surface area contributed by atoms with E-state index in [0.717, 1.165) is 49.5 Å². The number of sulfonamides is 1. The molecule has 1 aliphatic heterocycles. The molecular formula is C20H23ClN2O3S. The Bertz CT molecular complexity index is 876. The Kier molecular flexibility index (Phi) is 7.04. The number of halogens is 1. The molecule has 0 amide bonds. The zero-order valence-corrected chi connectivity index (χ0v) is 16.5. The van der Waals surface area contributed by atoms with E-state index < -0.39 is 10.0 Å². The highest BCUT2D eigenvalue weighted by Gasteiger charge is 2.13. The summed E-state index contributed by atoms with van der Waals surface area (Å²) in [4.78, 5) is 2.32. The van der Waals surface area contributed by atoms with Gasteiger partial charge in [-0.2, -0.15) is 0 Å². The van der Waals surface area contributed by atoms with Crippen molar-refractivity contribution >= 4 is 27.7 Å². The van der Waals surface area contributed by atoms with Gasteiger partial charge in [-0.05, 0) is 34.9 Å². The lowest BCUT2D eigenvalue weighted by Crippen LogP contribution is -2.36. The summed E-state index contributed by atoms with van der Waals surface area (Å²) in [7, 11) is -3.54. The van der Waals surface area contributed by atoms with Gasteiger partial charge in [0.2, 0.25) is 10.0 Å². The van der Waals surface area contributed by atoms with E-state index in [1.54, 1.807) is 30.3 Å². The molecule has 0 aromatic heterocycles. The predicted octanol–water partition coefficient (Wildman–Crippen LogP) is 3.26. The third-order valence-electron chi connectivity index (χ3n) is 4.39. The van der Waals surface area contributed by atoms with Crippen LogP contribution < -0.4 is 4.72 Å². The van der Waals surface area contributed by atoms with Crippen molar-refractivity contribution < 1.29 is 13.2 Å². The number of benzene rings is 2. The molecule has 0 spiro atoms. The molecule has 7 heteroatoms. The minimum Gasteiger partial charge on any atom is -0.379 e. The highest BCUT2D eigenvalue weighted by Crippen LogP contribution is 2.14. The standard InChI is InChI=1S/C20H23ClN2O3S/c21-20-7-5-17(6-8-20)9-14-27(24,25)22-15-18-3-1-2-4-19(18)16-23-10-12-26-13-11-23/h1-9,14,22H,10-13,15-16H2/b14-9+. The van der Waals surface area contributed by atoms with Crippen LogP contribution in [0.3, 0.4) is 0 Å². The molecule has 2 aromatic rings. The van der Waals surface area contributed by atoms with E-state index in [1.165, 1.54) is 5.41 Å². The normalized spacial score (nSPS) is 16.0. The van der Waals surface area contributed by atoms with Crippen molar-refractivity contribution in [3.8, 4) is 0 Å². The van der Waals surface area contributed by atoms with Gasteiger partial charge in [-0.3, -0.25) is 4.90 Å². The topological polar surface area (TPSA) is 58.6 Å². The van der Waals surface area contributed by atoms with Crippen molar-refractivity contribution in [3.05, 3.63) is 75.7 Å². The van der Waals surface area contributed by atoms with E-state index >= 15 is 0 Å². The van der Waals surface area contributed by atoms with E-state index in [-0.39, 0.29) is 6.54 Å². The molecule has 144 valence electrons. The van der Waals surface area contributed by atoms with Gasteiger partial charge in [0.15, 0.2) is 0 Å². The van der Waals surface area contributed by atoms with Gasteiger partial charge >= 0.3 is 0 Å². The van der Waals surface area contributed by atoms with Crippen LogP contribution in [0.15, 0.2) is 53.9 Å². The summed E-state index contributed by atoms with van der Waals surface area (Å²) in [5.74, 6) is 0. The van der Waals surface area contributed by atoms with Crippen LogP contribution in [0.1, 0.15) is 16.7 Å². The summed E-state index contributed by atoms with van der Waals surface area (Å²) in [5, 5.41) is 1.80. The number of hydrogen-bond acceptors (Lipinski definition) is 4. The van der Waals surface area contributed by atoms with E-state index in [9.17, 15) is 8.42 Å². The summed E-state index contributed by atoms with van der Waals surface area (Å²) in [6.45, 7) is 4.32. The first kappa shape index (κ1) is 20.0. The summed E-state index contributed by atoms with van der Waals surface area (Å²) in [6.07, 6.45) is 1.55. The average Bonchev–Trinajstić information content (AvgIpc) is 2.68. The lowest BCUT2D eigenvalue weighted by atomic mass is 10.1. The van der Waals surface area contributed by atoms with Crippen molar-refractivity contribution in [2.45, 2.75) is 13.1 Å². The fraction of sp³-hybridized carbons (Fsp3) is 0.300. The molecule has 2 aromatic carbocycles. The first-order valence-corrected chi connectivity index (χ1v) is 10.7. The average molecular weight is 407 g/mol. The minimum absolute atomic E-state index is 0.258. The Morgan fingerprint density at radius 3 is 2.41 bits per heavy atom. The maximum Gasteiger partial charge on any atom is 0.234 e. The first-order chi connectivity index (χ1) is 13.0. The van der Waals surface area contributed by atoms with Crippen LogP contribution in [0.2, 0.25) is 5.02 Å². The Balaban J connectivity index is 1.62. The quantitative estimate of drug-likeness (QED) is 0.766. The van der Waals surface area contributed by atoms with Gasteiger partial charge in [-0.15, -0.1) is 0 Å². The van der Waals surface area contributed by atoms with Crippen LogP contribution in [-0.4, -0.2) is 39.6 Å². The number of hydrogen-bond donors (Lipinski definition) is 1. The third kappa shape index (κ3) is 6.45. The molecule has 0 unspecified atom stereocenters. The van der Waals surface area contributed by atoms with Crippen LogP contribution in [0.4, 0.5) is 0 Å². The third-order valence-corrected chi connectivity index (χ3v) is 5.68. The van der Waals surface area contributed by atoms with Crippen LogP contribution in [0.25, 0.3) is 6.08 Å². The molecule has 5 nitrogen and oxygen atoms in total. The second kappa shape index (κ2) is 9.48. The largest absolute Gasteiger partial charge is 0.379 e. The summed E-state index contributed by atoms with van der Waals surface area (Å²) in [5.41, 5.74) is 2.88. The molecule has 1 fully saturated rings. The van der Waals surface area contributed by atoms with Crippen molar-refractivity contribution in [2.24, 2.45) is 0 Å².